The summed E-state index contributed by atoms with van der Waals surface area (Å²) in [5.41, 5.74) is 4.22. The number of fused-ring (bicyclic) bond motifs is 4. The van der Waals surface area contributed by atoms with Crippen molar-refractivity contribution < 1.29 is 24.2 Å². The topological polar surface area (TPSA) is 105 Å². The van der Waals surface area contributed by atoms with Crippen LogP contribution in [0.15, 0.2) is 48.5 Å². The minimum Gasteiger partial charge on any atom is -0.481 e. The zero-order valence-corrected chi connectivity index (χ0v) is 18.5. The molecule has 0 aromatic heterocycles. The molecule has 172 valence electrons. The molecular weight excluding hydrogens is 420 g/mol. The lowest BCUT2D eigenvalue weighted by molar-refractivity contribution is -0.137. The van der Waals surface area contributed by atoms with Crippen LogP contribution >= 0.6 is 0 Å². The number of rotatable bonds is 7. The molecule has 4 atom stereocenters. The number of carboxylic acids is 1. The second-order valence-corrected chi connectivity index (χ2v) is 9.64. The van der Waals surface area contributed by atoms with E-state index in [1.54, 1.807) is 6.92 Å². The van der Waals surface area contributed by atoms with E-state index >= 15 is 0 Å². The highest BCUT2D eigenvalue weighted by atomic mass is 16.5. The van der Waals surface area contributed by atoms with Crippen molar-refractivity contribution >= 4 is 18.0 Å². The summed E-state index contributed by atoms with van der Waals surface area (Å²) in [4.78, 5) is 36.1. The first kappa shape index (κ1) is 21.5. The summed E-state index contributed by atoms with van der Waals surface area (Å²) in [5.74, 6) is -0.798. The molecule has 3 aliphatic rings. The number of nitrogens with one attached hydrogen (secondary N) is 2. The van der Waals surface area contributed by atoms with Crippen molar-refractivity contribution in [3.05, 3.63) is 59.7 Å². The number of benzene rings is 2. The molecule has 3 aliphatic carbocycles. The first-order valence-electron chi connectivity index (χ1n) is 11.5. The zero-order chi connectivity index (χ0) is 23.2. The van der Waals surface area contributed by atoms with Gasteiger partial charge in [0.05, 0.1) is 11.8 Å². The third-order valence-corrected chi connectivity index (χ3v) is 7.39. The number of amides is 2. The van der Waals surface area contributed by atoms with Crippen LogP contribution in [0.3, 0.4) is 0 Å². The number of ether oxygens (including phenoxy) is 1. The lowest BCUT2D eigenvalue weighted by atomic mass is 9.98. The van der Waals surface area contributed by atoms with Gasteiger partial charge in [-0.15, -0.1) is 0 Å². The Morgan fingerprint density at radius 2 is 1.70 bits per heavy atom. The molecule has 0 aliphatic heterocycles. The van der Waals surface area contributed by atoms with Crippen LogP contribution in [0.4, 0.5) is 4.79 Å². The monoisotopic (exact) mass is 448 g/mol. The molecule has 2 aromatic carbocycles. The van der Waals surface area contributed by atoms with E-state index < -0.39 is 23.5 Å². The molecule has 5 rings (SSSR count). The molecule has 2 aromatic rings. The Morgan fingerprint density at radius 1 is 1.06 bits per heavy atom. The van der Waals surface area contributed by atoms with Gasteiger partial charge in [-0.2, -0.15) is 0 Å². The molecular formula is C26H28N2O5. The fraction of sp³-hybridized carbons (Fsp3) is 0.423. The van der Waals surface area contributed by atoms with Gasteiger partial charge in [0.1, 0.15) is 6.61 Å². The van der Waals surface area contributed by atoms with E-state index in [4.69, 9.17) is 9.84 Å². The van der Waals surface area contributed by atoms with Crippen molar-refractivity contribution in [2.45, 2.75) is 50.6 Å². The van der Waals surface area contributed by atoms with E-state index in [1.165, 1.54) is 22.3 Å². The van der Waals surface area contributed by atoms with Gasteiger partial charge < -0.3 is 20.5 Å². The molecule has 2 amide bonds. The van der Waals surface area contributed by atoms with Crippen LogP contribution in [-0.2, 0) is 14.3 Å². The molecule has 2 fully saturated rings. The van der Waals surface area contributed by atoms with Crippen molar-refractivity contribution in [1.82, 2.24) is 10.6 Å². The number of aliphatic carboxylic acids is 1. The Labute approximate surface area is 192 Å². The smallest absolute Gasteiger partial charge is 0.407 e. The van der Waals surface area contributed by atoms with E-state index in [0.29, 0.717) is 6.42 Å². The van der Waals surface area contributed by atoms with Gasteiger partial charge >= 0.3 is 12.1 Å². The summed E-state index contributed by atoms with van der Waals surface area (Å²) in [6, 6.07) is 15.9. The number of hydrogen-bond donors (Lipinski definition) is 3. The van der Waals surface area contributed by atoms with E-state index in [0.717, 1.165) is 12.8 Å². The van der Waals surface area contributed by atoms with Crippen molar-refractivity contribution in [2.75, 3.05) is 6.61 Å². The number of alkyl carbamates (subject to hydrolysis) is 1. The molecule has 7 nitrogen and oxygen atoms in total. The predicted octanol–water partition coefficient (Wildman–Crippen LogP) is 3.67. The van der Waals surface area contributed by atoms with Gasteiger partial charge in [-0.25, -0.2) is 4.79 Å². The van der Waals surface area contributed by atoms with Gasteiger partial charge in [0, 0.05) is 18.0 Å². The lowest BCUT2D eigenvalue weighted by Crippen LogP contribution is -2.41. The van der Waals surface area contributed by atoms with Gasteiger partial charge in [0.25, 0.3) is 0 Å². The van der Waals surface area contributed by atoms with Crippen molar-refractivity contribution in [2.24, 2.45) is 11.3 Å². The maximum atomic E-state index is 12.7. The Balaban J connectivity index is 1.16. The second kappa shape index (κ2) is 8.21. The second-order valence-electron chi connectivity index (χ2n) is 9.64. The number of carboxylic acid groups (broad SMARTS) is 1. The quantitative estimate of drug-likeness (QED) is 0.599. The van der Waals surface area contributed by atoms with E-state index in [-0.39, 0.29) is 36.8 Å². The molecule has 0 radical (unpaired) electrons. The Morgan fingerprint density at radius 3 is 2.33 bits per heavy atom. The van der Waals surface area contributed by atoms with E-state index in [2.05, 4.69) is 34.9 Å². The average Bonchev–Trinajstić information content (AvgIpc) is 3.20. The highest BCUT2D eigenvalue weighted by molar-refractivity contribution is 5.87. The van der Waals surface area contributed by atoms with Gasteiger partial charge in [-0.1, -0.05) is 48.5 Å². The molecule has 0 spiro atoms. The molecule has 33 heavy (non-hydrogen) atoms. The van der Waals surface area contributed by atoms with Crippen LogP contribution in [-0.4, -0.2) is 41.8 Å². The number of carbonyl (C=O) groups is 3. The fourth-order valence-electron chi connectivity index (χ4n) is 5.77. The normalized spacial score (nSPS) is 25.4. The largest absolute Gasteiger partial charge is 0.481 e. The number of hydrogen-bond acceptors (Lipinski definition) is 4. The van der Waals surface area contributed by atoms with Gasteiger partial charge in [-0.05, 0) is 54.4 Å². The molecule has 0 bridgehead atoms. The third kappa shape index (κ3) is 3.96. The molecule has 0 saturated heterocycles. The summed E-state index contributed by atoms with van der Waals surface area (Å²) in [5, 5.41) is 14.7. The van der Waals surface area contributed by atoms with Gasteiger partial charge in [-0.3, -0.25) is 9.59 Å². The summed E-state index contributed by atoms with van der Waals surface area (Å²) in [6.45, 7) is 1.95. The maximum Gasteiger partial charge on any atom is 0.407 e. The van der Waals surface area contributed by atoms with Gasteiger partial charge in [0.2, 0.25) is 5.91 Å². The summed E-state index contributed by atoms with van der Waals surface area (Å²) in [6.07, 6.45) is 1.53. The van der Waals surface area contributed by atoms with Crippen molar-refractivity contribution in [3.8, 4) is 11.1 Å². The maximum absolute atomic E-state index is 12.7. The summed E-state index contributed by atoms with van der Waals surface area (Å²) < 4.78 is 5.64. The molecule has 3 N–H and O–H groups in total. The van der Waals surface area contributed by atoms with Crippen molar-refractivity contribution in [3.63, 3.8) is 0 Å². The number of carbonyl (C=O) groups excluding carboxylic acids is 2. The third-order valence-electron chi connectivity index (χ3n) is 7.39. The van der Waals surface area contributed by atoms with E-state index in [9.17, 15) is 14.4 Å². The van der Waals surface area contributed by atoms with Crippen LogP contribution in [0, 0.1) is 11.3 Å². The van der Waals surface area contributed by atoms with Crippen LogP contribution in [0.25, 0.3) is 11.1 Å². The first-order chi connectivity index (χ1) is 15.9. The minimum atomic E-state index is -0.936. The van der Waals surface area contributed by atoms with Gasteiger partial charge in [0.15, 0.2) is 0 Å². The summed E-state index contributed by atoms with van der Waals surface area (Å²) >= 11 is 0. The van der Waals surface area contributed by atoms with E-state index in [1.807, 2.05) is 24.3 Å². The molecule has 1 unspecified atom stereocenters. The SMILES string of the molecule is CC(CC(=O)O)NC(=O)[C@]12C[C@H](NC(=O)OCC3c4ccccc4-c4ccccc43)C[C@H]1C2. The first-order valence-corrected chi connectivity index (χ1v) is 11.5. The minimum absolute atomic E-state index is 0.00738. The highest BCUT2D eigenvalue weighted by Crippen LogP contribution is 2.63. The van der Waals surface area contributed by atoms with Crippen LogP contribution in [0.1, 0.15) is 49.7 Å². The van der Waals surface area contributed by atoms with Crippen molar-refractivity contribution in [1.29, 1.82) is 0 Å². The molecule has 7 heteroatoms. The Bertz CT molecular complexity index is 1070. The Hall–Kier alpha value is -3.35. The zero-order valence-electron chi connectivity index (χ0n) is 18.5. The Kier molecular flexibility index (Phi) is 5.35. The van der Waals surface area contributed by atoms with Crippen LogP contribution < -0.4 is 10.6 Å². The lowest BCUT2D eigenvalue weighted by Gasteiger charge is -2.20. The summed E-state index contributed by atoms with van der Waals surface area (Å²) in [7, 11) is 0. The standard InChI is InChI=1S/C26H28N2O5/c1-15(10-23(29)30)27-24(31)26-12-16(26)11-17(13-26)28-25(32)33-14-22-20-8-4-2-6-18(20)19-7-3-5-9-21(19)22/h2-9,15-17,22H,10-14H2,1H3,(H,27,31)(H,28,32)(H,29,30)/t15?,16-,17+,26+/m0/s1. The molecule has 2 saturated carbocycles. The average molecular weight is 449 g/mol. The molecule has 0 heterocycles. The van der Waals surface area contributed by atoms with Crippen LogP contribution in [0.2, 0.25) is 0 Å². The van der Waals surface area contributed by atoms with Crippen LogP contribution in [0.5, 0.6) is 0 Å². The predicted molar refractivity (Wildman–Crippen MR) is 122 cm³/mol. The fourth-order valence-corrected chi connectivity index (χ4v) is 5.77. The highest BCUT2D eigenvalue weighted by Gasteiger charge is 2.65.